The molecule has 1 aromatic carbocycles. The summed E-state index contributed by atoms with van der Waals surface area (Å²) in [5.41, 5.74) is 2.01. The number of hydrogen-bond acceptors (Lipinski definition) is 4. The lowest BCUT2D eigenvalue weighted by Gasteiger charge is -2.08. The summed E-state index contributed by atoms with van der Waals surface area (Å²) in [5.74, 6) is 1.97. The van der Waals surface area contributed by atoms with E-state index in [0.717, 1.165) is 28.2 Å². The molecule has 0 radical (unpaired) electrons. The monoisotopic (exact) mass is 253 g/mol. The van der Waals surface area contributed by atoms with E-state index >= 15 is 0 Å². The van der Waals surface area contributed by atoms with Crippen LogP contribution < -0.4 is 5.32 Å². The van der Waals surface area contributed by atoms with Crippen LogP contribution in [0, 0.1) is 0 Å². The van der Waals surface area contributed by atoms with Crippen molar-refractivity contribution in [2.45, 2.75) is 19.8 Å². The number of aromatic amines is 1. The van der Waals surface area contributed by atoms with Crippen molar-refractivity contribution in [3.8, 4) is 0 Å². The molecule has 2 heterocycles. The zero-order valence-electron chi connectivity index (χ0n) is 10.9. The predicted octanol–water partition coefficient (Wildman–Crippen LogP) is 3.22. The minimum atomic E-state index is 0.318. The average Bonchev–Trinajstić information content (AvgIpc) is 2.86. The molecule has 0 aliphatic heterocycles. The van der Waals surface area contributed by atoms with Gasteiger partial charge in [-0.05, 0) is 24.3 Å². The minimum absolute atomic E-state index is 0.318. The smallest absolute Gasteiger partial charge is 0.134 e. The Balaban J connectivity index is 1.89. The number of hydrogen-bond donors (Lipinski definition) is 2. The molecule has 0 aliphatic rings. The van der Waals surface area contributed by atoms with Gasteiger partial charge in [0.1, 0.15) is 11.6 Å². The quantitative estimate of drug-likeness (QED) is 0.752. The molecule has 0 spiro atoms. The van der Waals surface area contributed by atoms with Gasteiger partial charge in [-0.15, -0.1) is 0 Å². The minimum Gasteiger partial charge on any atom is -0.340 e. The van der Waals surface area contributed by atoms with Crippen molar-refractivity contribution in [1.82, 2.24) is 20.2 Å². The Bertz CT molecular complexity index is 702. The van der Waals surface area contributed by atoms with Crippen molar-refractivity contribution in [3.05, 3.63) is 42.5 Å². The summed E-state index contributed by atoms with van der Waals surface area (Å²) in [6.07, 6.45) is 3.58. The number of anilines is 2. The lowest BCUT2D eigenvalue weighted by atomic mass is 10.2. The topological polar surface area (TPSA) is 66.5 Å². The fourth-order valence-corrected chi connectivity index (χ4v) is 1.89. The van der Waals surface area contributed by atoms with Crippen LogP contribution in [0.4, 0.5) is 11.5 Å². The Morgan fingerprint density at radius 2 is 2.11 bits per heavy atom. The number of rotatable bonds is 3. The summed E-state index contributed by atoms with van der Waals surface area (Å²) in [6.45, 7) is 4.16. The normalized spacial score (nSPS) is 11.1. The molecule has 2 aromatic heterocycles. The van der Waals surface area contributed by atoms with E-state index in [1.165, 1.54) is 0 Å². The second kappa shape index (κ2) is 4.68. The third kappa shape index (κ3) is 2.40. The van der Waals surface area contributed by atoms with Crippen LogP contribution in [-0.2, 0) is 0 Å². The van der Waals surface area contributed by atoms with Crippen molar-refractivity contribution in [1.29, 1.82) is 0 Å². The fourth-order valence-electron chi connectivity index (χ4n) is 1.89. The summed E-state index contributed by atoms with van der Waals surface area (Å²) < 4.78 is 0. The van der Waals surface area contributed by atoms with Crippen LogP contribution in [0.3, 0.4) is 0 Å². The number of H-pyrrole nitrogens is 1. The first-order chi connectivity index (χ1) is 9.22. The van der Waals surface area contributed by atoms with E-state index in [1.54, 1.807) is 12.4 Å². The van der Waals surface area contributed by atoms with E-state index < -0.39 is 0 Å². The van der Waals surface area contributed by atoms with Gasteiger partial charge in [0.2, 0.25) is 0 Å². The standard InChI is InChI=1S/C14H15N5/c1-9(2)14-15-6-5-13(18-14)17-11-3-4-12-10(7-11)8-16-19-12/h3-9H,1-2H3,(H,16,19)(H,15,17,18). The second-order valence-corrected chi connectivity index (χ2v) is 4.75. The molecule has 0 fully saturated rings. The van der Waals surface area contributed by atoms with Crippen LogP contribution >= 0.6 is 0 Å². The first-order valence-corrected chi connectivity index (χ1v) is 6.25. The molecule has 0 saturated heterocycles. The van der Waals surface area contributed by atoms with Crippen molar-refractivity contribution in [3.63, 3.8) is 0 Å². The molecular formula is C14H15N5. The van der Waals surface area contributed by atoms with Gasteiger partial charge in [0.05, 0.1) is 11.7 Å². The van der Waals surface area contributed by atoms with Gasteiger partial charge in [0.15, 0.2) is 0 Å². The van der Waals surface area contributed by atoms with Crippen molar-refractivity contribution in [2.24, 2.45) is 0 Å². The van der Waals surface area contributed by atoms with Crippen molar-refractivity contribution in [2.75, 3.05) is 5.32 Å². The zero-order chi connectivity index (χ0) is 13.2. The van der Waals surface area contributed by atoms with Gasteiger partial charge in [-0.25, -0.2) is 9.97 Å². The molecule has 0 aliphatic carbocycles. The summed E-state index contributed by atoms with van der Waals surface area (Å²) in [4.78, 5) is 8.75. The zero-order valence-corrected chi connectivity index (χ0v) is 10.9. The highest BCUT2D eigenvalue weighted by molar-refractivity contribution is 5.82. The Morgan fingerprint density at radius 3 is 2.95 bits per heavy atom. The van der Waals surface area contributed by atoms with Gasteiger partial charge in [-0.3, -0.25) is 5.10 Å². The third-order valence-electron chi connectivity index (χ3n) is 2.90. The van der Waals surface area contributed by atoms with E-state index in [1.807, 2.05) is 24.3 Å². The molecule has 0 unspecified atom stereocenters. The number of aromatic nitrogens is 4. The lowest BCUT2D eigenvalue weighted by molar-refractivity contribution is 0.776. The summed E-state index contributed by atoms with van der Waals surface area (Å²) in [7, 11) is 0. The Hall–Kier alpha value is -2.43. The van der Waals surface area contributed by atoms with E-state index in [9.17, 15) is 0 Å². The SMILES string of the molecule is CC(C)c1nccc(Nc2ccc3[nH]ncc3c2)n1. The summed E-state index contributed by atoms with van der Waals surface area (Å²) in [5, 5.41) is 11.3. The van der Waals surface area contributed by atoms with Gasteiger partial charge in [0, 0.05) is 23.2 Å². The molecule has 19 heavy (non-hydrogen) atoms. The van der Waals surface area contributed by atoms with Crippen molar-refractivity contribution < 1.29 is 0 Å². The van der Waals surface area contributed by atoms with E-state index in [4.69, 9.17) is 0 Å². The number of fused-ring (bicyclic) bond motifs is 1. The highest BCUT2D eigenvalue weighted by atomic mass is 15.1. The summed E-state index contributed by atoms with van der Waals surface area (Å²) in [6, 6.07) is 7.90. The predicted molar refractivity (Wildman–Crippen MR) is 75.5 cm³/mol. The van der Waals surface area contributed by atoms with Gasteiger partial charge in [0.25, 0.3) is 0 Å². The highest BCUT2D eigenvalue weighted by Gasteiger charge is 2.04. The summed E-state index contributed by atoms with van der Waals surface area (Å²) >= 11 is 0. The van der Waals surface area contributed by atoms with Gasteiger partial charge in [-0.1, -0.05) is 13.8 Å². The van der Waals surface area contributed by atoms with Crippen LogP contribution in [0.5, 0.6) is 0 Å². The number of nitrogens with one attached hydrogen (secondary N) is 2. The lowest BCUT2D eigenvalue weighted by Crippen LogP contribution is -2.00. The molecule has 0 amide bonds. The van der Waals surface area contributed by atoms with Crippen LogP contribution in [-0.4, -0.2) is 20.2 Å². The first kappa shape index (κ1) is 11.6. The number of nitrogens with zero attached hydrogens (tertiary/aromatic N) is 3. The van der Waals surface area contributed by atoms with E-state index in [2.05, 4.69) is 39.3 Å². The second-order valence-electron chi connectivity index (χ2n) is 4.75. The molecule has 5 nitrogen and oxygen atoms in total. The van der Waals surface area contributed by atoms with Crippen molar-refractivity contribution >= 4 is 22.4 Å². The largest absolute Gasteiger partial charge is 0.340 e. The van der Waals surface area contributed by atoms with E-state index in [-0.39, 0.29) is 0 Å². The molecule has 2 N–H and O–H groups in total. The Kier molecular flexibility index (Phi) is 2.87. The van der Waals surface area contributed by atoms with Crippen LogP contribution in [0.1, 0.15) is 25.6 Å². The van der Waals surface area contributed by atoms with Gasteiger partial charge >= 0.3 is 0 Å². The fraction of sp³-hybridized carbons (Fsp3) is 0.214. The maximum atomic E-state index is 4.49. The van der Waals surface area contributed by atoms with Crippen LogP contribution in [0.2, 0.25) is 0 Å². The van der Waals surface area contributed by atoms with Crippen LogP contribution in [0.15, 0.2) is 36.7 Å². The maximum absolute atomic E-state index is 4.49. The van der Waals surface area contributed by atoms with E-state index in [0.29, 0.717) is 5.92 Å². The molecule has 5 heteroatoms. The molecule has 96 valence electrons. The number of benzene rings is 1. The average molecular weight is 253 g/mol. The maximum Gasteiger partial charge on any atom is 0.134 e. The molecule has 0 bridgehead atoms. The molecule has 0 saturated carbocycles. The van der Waals surface area contributed by atoms with Gasteiger partial charge in [-0.2, -0.15) is 5.10 Å². The highest BCUT2D eigenvalue weighted by Crippen LogP contribution is 2.20. The Labute approximate surface area is 111 Å². The molecule has 3 rings (SSSR count). The Morgan fingerprint density at radius 1 is 1.21 bits per heavy atom. The van der Waals surface area contributed by atoms with Gasteiger partial charge < -0.3 is 5.32 Å². The third-order valence-corrected chi connectivity index (χ3v) is 2.90. The molecular weight excluding hydrogens is 238 g/mol. The van der Waals surface area contributed by atoms with Crippen LogP contribution in [0.25, 0.3) is 10.9 Å². The molecule has 3 aromatic rings. The molecule has 0 atom stereocenters. The first-order valence-electron chi connectivity index (χ1n) is 6.25.